The third-order valence-corrected chi connectivity index (χ3v) is 2.93. The molecule has 0 aromatic carbocycles. The van der Waals surface area contributed by atoms with Crippen molar-refractivity contribution in [1.29, 1.82) is 0 Å². The van der Waals surface area contributed by atoms with E-state index in [0.29, 0.717) is 11.8 Å². The van der Waals surface area contributed by atoms with Gasteiger partial charge >= 0.3 is 0 Å². The minimum absolute atomic E-state index is 0.626. The number of nitrogens with zero attached hydrogens (tertiary/aromatic N) is 3. The zero-order chi connectivity index (χ0) is 15.0. The van der Waals surface area contributed by atoms with Crippen LogP contribution in [0.1, 0.15) is 46.7 Å². The van der Waals surface area contributed by atoms with Crippen LogP contribution >= 0.6 is 0 Å². The topological polar surface area (TPSA) is 41.0 Å². The van der Waals surface area contributed by atoms with E-state index in [1.165, 1.54) is 0 Å². The van der Waals surface area contributed by atoms with Crippen molar-refractivity contribution in [3.63, 3.8) is 0 Å². The molecule has 1 aromatic heterocycles. The molecular weight excluding hydrogens is 248 g/mol. The van der Waals surface area contributed by atoms with E-state index >= 15 is 0 Å². The molecule has 1 N–H and O–H groups in total. The third-order valence-electron chi connectivity index (χ3n) is 2.93. The Hall–Kier alpha value is -1.16. The van der Waals surface area contributed by atoms with E-state index in [0.717, 1.165) is 44.1 Å². The summed E-state index contributed by atoms with van der Waals surface area (Å²) in [6.07, 6.45) is 1.14. The maximum absolute atomic E-state index is 4.40. The molecule has 0 saturated heterocycles. The summed E-state index contributed by atoms with van der Waals surface area (Å²) in [4.78, 5) is 2.34. The van der Waals surface area contributed by atoms with Gasteiger partial charge in [-0.2, -0.15) is 5.10 Å². The largest absolute Gasteiger partial charge is 0.355 e. The summed E-state index contributed by atoms with van der Waals surface area (Å²) in [6.45, 7) is 15.0. The van der Waals surface area contributed by atoms with Crippen LogP contribution in [0.25, 0.3) is 0 Å². The molecule has 0 unspecified atom stereocenters. The van der Waals surface area contributed by atoms with Crippen molar-refractivity contribution < 1.29 is 0 Å². The van der Waals surface area contributed by atoms with Gasteiger partial charge < -0.3 is 10.2 Å². The Morgan fingerprint density at radius 1 is 1.05 bits per heavy atom. The molecule has 4 heteroatoms. The number of rotatable bonds is 9. The van der Waals surface area contributed by atoms with E-state index in [9.17, 15) is 0 Å². The van der Waals surface area contributed by atoms with E-state index in [2.05, 4.69) is 67.2 Å². The second-order valence-electron chi connectivity index (χ2n) is 6.25. The minimum Gasteiger partial charge on any atom is -0.355 e. The van der Waals surface area contributed by atoms with Gasteiger partial charge in [-0.3, -0.25) is 0 Å². The number of hydrogen-bond donors (Lipinski definition) is 1. The second-order valence-corrected chi connectivity index (χ2v) is 6.25. The molecule has 0 atom stereocenters. The molecule has 0 aliphatic carbocycles. The smallest absolute Gasteiger partial charge is 0.151 e. The van der Waals surface area contributed by atoms with Crippen LogP contribution in [0.2, 0.25) is 0 Å². The fourth-order valence-electron chi connectivity index (χ4n) is 2.15. The van der Waals surface area contributed by atoms with Gasteiger partial charge in [0, 0.05) is 19.6 Å². The fourth-order valence-corrected chi connectivity index (χ4v) is 2.15. The van der Waals surface area contributed by atoms with Crippen LogP contribution in [0.15, 0.2) is 12.1 Å². The highest BCUT2D eigenvalue weighted by Gasteiger charge is 2.12. The Bertz CT molecular complexity index is 349. The fraction of sp³-hybridized carbons (Fsp3) is 0.750. The maximum atomic E-state index is 4.40. The molecule has 0 spiro atoms. The summed E-state index contributed by atoms with van der Waals surface area (Å²) in [5.74, 6) is 2.24. The van der Waals surface area contributed by atoms with Crippen LogP contribution in [0.3, 0.4) is 0 Å². The van der Waals surface area contributed by atoms with Gasteiger partial charge in [-0.1, -0.05) is 34.6 Å². The lowest BCUT2D eigenvalue weighted by Gasteiger charge is -2.27. The predicted octanol–water partition coefficient (Wildman–Crippen LogP) is 3.09. The summed E-state index contributed by atoms with van der Waals surface area (Å²) >= 11 is 0. The van der Waals surface area contributed by atoms with E-state index in [-0.39, 0.29) is 0 Å². The monoisotopic (exact) mass is 278 g/mol. The predicted molar refractivity (Wildman–Crippen MR) is 85.9 cm³/mol. The Kier molecular flexibility index (Phi) is 7.52. The van der Waals surface area contributed by atoms with Gasteiger partial charge in [0.2, 0.25) is 0 Å². The quantitative estimate of drug-likeness (QED) is 0.705. The number of nitrogens with one attached hydrogen (secondary N) is 1. The summed E-state index contributed by atoms with van der Waals surface area (Å²) in [6, 6.07) is 4.18. The van der Waals surface area contributed by atoms with Gasteiger partial charge in [0.1, 0.15) is 0 Å². The molecule has 0 bridgehead atoms. The zero-order valence-electron chi connectivity index (χ0n) is 13.7. The first-order chi connectivity index (χ1) is 9.52. The molecule has 4 nitrogen and oxygen atoms in total. The van der Waals surface area contributed by atoms with Crippen molar-refractivity contribution in [3.8, 4) is 0 Å². The van der Waals surface area contributed by atoms with Crippen molar-refractivity contribution in [1.82, 2.24) is 15.5 Å². The highest BCUT2D eigenvalue weighted by molar-refractivity contribution is 5.37. The molecule has 20 heavy (non-hydrogen) atoms. The standard InChI is InChI=1S/C16H30N4/c1-6-9-17-10-15-7-8-16(19-18-15)20(11-13(2)3)12-14(4)5/h7-8,13-14,17H,6,9-12H2,1-5H3. The van der Waals surface area contributed by atoms with Crippen LogP contribution in [0, 0.1) is 11.8 Å². The molecule has 0 fully saturated rings. The lowest BCUT2D eigenvalue weighted by atomic mass is 10.1. The normalized spacial score (nSPS) is 11.3. The van der Waals surface area contributed by atoms with E-state index in [4.69, 9.17) is 0 Å². The van der Waals surface area contributed by atoms with E-state index in [1.807, 2.05) is 0 Å². The van der Waals surface area contributed by atoms with Gasteiger partial charge in [0.05, 0.1) is 5.69 Å². The van der Waals surface area contributed by atoms with Gasteiger partial charge in [0.25, 0.3) is 0 Å². The highest BCUT2D eigenvalue weighted by Crippen LogP contribution is 2.14. The molecule has 0 radical (unpaired) electrons. The first-order valence-corrected chi connectivity index (χ1v) is 7.81. The van der Waals surface area contributed by atoms with Crippen LogP contribution in [0.4, 0.5) is 5.82 Å². The first kappa shape index (κ1) is 16.9. The first-order valence-electron chi connectivity index (χ1n) is 7.81. The number of hydrogen-bond acceptors (Lipinski definition) is 4. The second kappa shape index (κ2) is 8.90. The molecular formula is C16H30N4. The van der Waals surface area contributed by atoms with Gasteiger partial charge in [-0.15, -0.1) is 5.10 Å². The SMILES string of the molecule is CCCNCc1ccc(N(CC(C)C)CC(C)C)nn1. The third kappa shape index (κ3) is 6.33. The molecule has 0 aliphatic heterocycles. The van der Waals surface area contributed by atoms with E-state index in [1.54, 1.807) is 0 Å². The molecule has 114 valence electrons. The molecule has 0 saturated carbocycles. The summed E-state index contributed by atoms with van der Waals surface area (Å²) in [5.41, 5.74) is 1.01. The molecule has 0 aliphatic rings. The average Bonchev–Trinajstić information content (AvgIpc) is 2.38. The van der Waals surface area contributed by atoms with Crippen molar-refractivity contribution in [2.45, 2.75) is 47.6 Å². The number of aromatic nitrogens is 2. The minimum atomic E-state index is 0.626. The van der Waals surface area contributed by atoms with Gasteiger partial charge in [0.15, 0.2) is 5.82 Å². The molecule has 0 amide bonds. The van der Waals surface area contributed by atoms with Crippen molar-refractivity contribution in [2.24, 2.45) is 11.8 Å². The molecule has 1 aromatic rings. The van der Waals surface area contributed by atoms with E-state index < -0.39 is 0 Å². The lowest BCUT2D eigenvalue weighted by molar-refractivity contribution is 0.546. The summed E-state index contributed by atoms with van der Waals surface area (Å²) in [5, 5.41) is 12.1. The van der Waals surface area contributed by atoms with Crippen LogP contribution in [0.5, 0.6) is 0 Å². The molecule has 1 heterocycles. The van der Waals surface area contributed by atoms with Crippen molar-refractivity contribution in [2.75, 3.05) is 24.5 Å². The number of anilines is 1. The Morgan fingerprint density at radius 2 is 1.70 bits per heavy atom. The van der Waals surface area contributed by atoms with Crippen molar-refractivity contribution >= 4 is 5.82 Å². The van der Waals surface area contributed by atoms with Gasteiger partial charge in [-0.05, 0) is 36.9 Å². The zero-order valence-corrected chi connectivity index (χ0v) is 13.7. The van der Waals surface area contributed by atoms with Gasteiger partial charge in [-0.25, -0.2) is 0 Å². The van der Waals surface area contributed by atoms with Crippen LogP contribution in [-0.2, 0) is 6.54 Å². The highest BCUT2D eigenvalue weighted by atomic mass is 15.3. The molecule has 1 rings (SSSR count). The Morgan fingerprint density at radius 3 is 2.15 bits per heavy atom. The Balaban J connectivity index is 2.66. The lowest BCUT2D eigenvalue weighted by Crippen LogP contribution is -2.32. The van der Waals surface area contributed by atoms with Crippen LogP contribution in [-0.4, -0.2) is 29.8 Å². The van der Waals surface area contributed by atoms with Crippen LogP contribution < -0.4 is 10.2 Å². The average molecular weight is 278 g/mol. The summed E-state index contributed by atoms with van der Waals surface area (Å²) < 4.78 is 0. The Labute approximate surface area is 124 Å². The summed E-state index contributed by atoms with van der Waals surface area (Å²) in [7, 11) is 0. The van der Waals surface area contributed by atoms with Crippen molar-refractivity contribution in [3.05, 3.63) is 17.8 Å². The maximum Gasteiger partial charge on any atom is 0.151 e.